The molecule has 0 saturated heterocycles. The van der Waals surface area contributed by atoms with Crippen molar-refractivity contribution in [2.24, 2.45) is 0 Å². The molecule has 8 radical (unpaired) electrons. The SMILES string of the molecule is [C]=O.[C]=O.[C]=O.[C]=O.[Li+].[O]=[Co-][OH]. The summed E-state index contributed by atoms with van der Waals surface area (Å²) >= 11 is -0.812. The van der Waals surface area contributed by atoms with E-state index in [0.29, 0.717) is 0 Å². The molecule has 0 aliphatic rings. The van der Waals surface area contributed by atoms with Crippen LogP contribution in [0.5, 0.6) is 0 Å². The first-order valence-corrected chi connectivity index (χ1v) is 1.99. The zero-order valence-electron chi connectivity index (χ0n) is 5.82. The molecule has 8 heteroatoms. The van der Waals surface area contributed by atoms with E-state index < -0.39 is 15.0 Å². The van der Waals surface area contributed by atoms with E-state index in [2.05, 4.69) is 27.2 Å². The molecule has 0 aromatic carbocycles. The van der Waals surface area contributed by atoms with Gasteiger partial charge >= 0.3 is 41.9 Å². The molecule has 1 N–H and O–H groups in total. The van der Waals surface area contributed by atoms with Gasteiger partial charge < -0.3 is 0 Å². The van der Waals surface area contributed by atoms with Gasteiger partial charge in [0.1, 0.15) is 0 Å². The Kier molecular flexibility index (Phi) is 11300. The fourth-order valence-electron chi connectivity index (χ4n) is 0. The Bertz CT molecular complexity index is 48.8. The van der Waals surface area contributed by atoms with E-state index in [4.69, 9.17) is 27.3 Å². The Labute approximate surface area is 88.4 Å². The van der Waals surface area contributed by atoms with Crippen LogP contribution in [0.15, 0.2) is 0 Å². The number of carbonyl (C=O) groups excluding carboxylic acids is 4. The molecule has 0 heterocycles. The molecule has 0 aromatic heterocycles. The van der Waals surface area contributed by atoms with Gasteiger partial charge in [0.15, 0.2) is 0 Å². The van der Waals surface area contributed by atoms with Crippen LogP contribution < -0.4 is 18.9 Å². The third-order valence-corrected chi connectivity index (χ3v) is 0. The van der Waals surface area contributed by atoms with Crippen molar-refractivity contribution in [3.8, 4) is 0 Å². The molecular formula is C4HCoLiO6. The first-order chi connectivity index (χ1) is 5.41. The van der Waals surface area contributed by atoms with E-state index >= 15 is 0 Å². The fraction of sp³-hybridized carbons (Fsp3) is 0. The molecule has 0 atom stereocenters. The normalized spacial score (nSPS) is 3.08. The molecule has 0 aromatic rings. The summed E-state index contributed by atoms with van der Waals surface area (Å²) in [6.07, 6.45) is 0. The molecule has 0 aliphatic heterocycles. The van der Waals surface area contributed by atoms with Crippen LogP contribution in [0.1, 0.15) is 0 Å². The van der Waals surface area contributed by atoms with Crippen molar-refractivity contribution in [3.63, 3.8) is 0 Å². The van der Waals surface area contributed by atoms with Crippen LogP contribution in [0.25, 0.3) is 0 Å². The molecule has 0 rings (SSSR count). The summed E-state index contributed by atoms with van der Waals surface area (Å²) in [6.45, 7) is 18.0. The van der Waals surface area contributed by atoms with Gasteiger partial charge in [0, 0.05) is 0 Å². The predicted molar refractivity (Wildman–Crippen MR) is 25.7 cm³/mol. The van der Waals surface area contributed by atoms with Crippen molar-refractivity contribution in [3.05, 3.63) is 0 Å². The van der Waals surface area contributed by atoms with Crippen LogP contribution in [0, 0.1) is 0 Å². The van der Waals surface area contributed by atoms with Crippen LogP contribution in [0.3, 0.4) is 0 Å². The summed E-state index contributed by atoms with van der Waals surface area (Å²) in [7, 11) is 0. The van der Waals surface area contributed by atoms with E-state index in [-0.39, 0.29) is 18.9 Å². The standard InChI is InChI=1S/4CO.Co.Li.H2O.O/c4*1-2;;;;/h;;;;;;1H2;/q;;;;;+1;;/p-1. The molecule has 6 nitrogen and oxygen atoms in total. The summed E-state index contributed by atoms with van der Waals surface area (Å²) in [5.74, 6) is 0. The summed E-state index contributed by atoms with van der Waals surface area (Å²) in [6, 6.07) is 0. The Balaban J connectivity index is -0.00000000933. The Hall–Kier alpha value is -0.456. The van der Waals surface area contributed by atoms with E-state index in [1.807, 2.05) is 0 Å². The summed E-state index contributed by atoms with van der Waals surface area (Å²) in [4.78, 5) is 30.0. The number of hydrogen-bond acceptors (Lipinski definition) is 5. The van der Waals surface area contributed by atoms with Crippen LogP contribution in [-0.2, 0) is 38.0 Å². The first kappa shape index (κ1) is 41.8. The van der Waals surface area contributed by atoms with Gasteiger partial charge in [-0.15, -0.1) is 0 Å². The predicted octanol–water partition coefficient (Wildman–Crippen LogP) is -5.26. The zero-order valence-corrected chi connectivity index (χ0v) is 6.86. The minimum atomic E-state index is -0.812. The van der Waals surface area contributed by atoms with Crippen molar-refractivity contribution in [1.82, 2.24) is 0 Å². The second kappa shape index (κ2) is 3250. The maximum absolute atomic E-state index is 8.45. The molecule has 0 fully saturated rings. The maximum atomic E-state index is 8.45. The Morgan fingerprint density at radius 3 is 0.750 bits per heavy atom. The zero-order chi connectivity index (χ0) is 10.7. The first-order valence-electron chi connectivity index (χ1n) is 1.10. The quantitative estimate of drug-likeness (QED) is 0.401. The fourth-order valence-corrected chi connectivity index (χ4v) is 0. The van der Waals surface area contributed by atoms with E-state index in [9.17, 15) is 0 Å². The van der Waals surface area contributed by atoms with Crippen molar-refractivity contribution in [1.29, 1.82) is 0 Å². The Morgan fingerprint density at radius 2 is 0.750 bits per heavy atom. The molecule has 0 spiro atoms. The molecule has 0 amide bonds. The average molecular weight is 211 g/mol. The van der Waals surface area contributed by atoms with Crippen molar-refractivity contribution >= 4 is 27.2 Å². The third-order valence-electron chi connectivity index (χ3n) is 0. The van der Waals surface area contributed by atoms with Gasteiger partial charge in [-0.2, -0.15) is 0 Å². The summed E-state index contributed by atoms with van der Waals surface area (Å²) in [5, 5.41) is 0. The topological polar surface area (TPSA) is 106 Å². The van der Waals surface area contributed by atoms with Crippen molar-refractivity contribution in [2.75, 3.05) is 0 Å². The van der Waals surface area contributed by atoms with Crippen molar-refractivity contribution in [2.45, 2.75) is 0 Å². The molecule has 0 bridgehead atoms. The average Bonchev–Trinajstić information content (AvgIpc) is 2.18. The molecule has 0 aliphatic carbocycles. The van der Waals surface area contributed by atoms with Gasteiger partial charge in [-0.25, -0.2) is 0 Å². The van der Waals surface area contributed by atoms with Crippen LogP contribution in [0.2, 0.25) is 0 Å². The number of rotatable bonds is 0. The van der Waals surface area contributed by atoms with E-state index in [1.54, 1.807) is 0 Å². The molecule has 12 heavy (non-hydrogen) atoms. The van der Waals surface area contributed by atoms with Crippen LogP contribution in [0.4, 0.5) is 0 Å². The van der Waals surface area contributed by atoms with E-state index in [1.165, 1.54) is 0 Å². The third kappa shape index (κ3) is 3350. The van der Waals surface area contributed by atoms with E-state index in [0.717, 1.165) is 0 Å². The molecular weight excluding hydrogens is 210 g/mol. The summed E-state index contributed by atoms with van der Waals surface area (Å²) in [5.41, 5.74) is 0. The van der Waals surface area contributed by atoms with Crippen molar-refractivity contribution < 1.29 is 61.1 Å². The van der Waals surface area contributed by atoms with Gasteiger partial charge in [0.25, 0.3) is 27.2 Å². The molecule has 63 valence electrons. The second-order valence-electron chi connectivity index (χ2n) is 0.0609. The second-order valence-corrected chi connectivity index (χ2v) is 0.251. The molecule has 0 unspecified atom stereocenters. The van der Waals surface area contributed by atoms with Gasteiger partial charge in [0.05, 0.1) is 0 Å². The molecule has 0 saturated carbocycles. The van der Waals surface area contributed by atoms with Crippen LogP contribution in [-0.4, -0.2) is 31.4 Å². The van der Waals surface area contributed by atoms with Gasteiger partial charge in [-0.05, 0) is 0 Å². The van der Waals surface area contributed by atoms with Gasteiger partial charge in [0.2, 0.25) is 0 Å². The number of hydrogen-bond donors (Lipinski definition) is 1. The van der Waals surface area contributed by atoms with Crippen LogP contribution >= 0.6 is 0 Å². The monoisotopic (exact) mass is 211 g/mol. The van der Waals surface area contributed by atoms with Gasteiger partial charge in [-0.3, -0.25) is 19.2 Å². The van der Waals surface area contributed by atoms with Gasteiger partial charge in [-0.1, -0.05) is 0 Å². The minimum absolute atomic E-state index is 0. The Morgan fingerprint density at radius 1 is 0.750 bits per heavy atom. The summed E-state index contributed by atoms with van der Waals surface area (Å²) < 4.78 is 15.4.